The number of nitrogens with one attached hydrogen (secondary N) is 1. The number of rotatable bonds is 10. The summed E-state index contributed by atoms with van der Waals surface area (Å²) in [6, 6.07) is -0.638. The molecular formula is C28H36Cl2F3N3O4. The van der Waals surface area contributed by atoms with Crippen LogP contribution in [0.5, 0.6) is 0 Å². The van der Waals surface area contributed by atoms with E-state index in [-0.39, 0.29) is 48.0 Å². The molecule has 0 radical (unpaired) electrons. The van der Waals surface area contributed by atoms with Crippen molar-refractivity contribution < 1.29 is 27.9 Å². The summed E-state index contributed by atoms with van der Waals surface area (Å²) in [7, 11) is 0. The molecule has 1 fully saturated rings. The fraction of sp³-hybridized carbons (Fsp3) is 0.643. The number of carboxylic acid groups (broad SMARTS) is 1. The summed E-state index contributed by atoms with van der Waals surface area (Å²) < 4.78 is 43.6. The van der Waals surface area contributed by atoms with E-state index in [0.717, 1.165) is 10.9 Å². The number of hydrogen-bond donors (Lipinski definition) is 2. The van der Waals surface area contributed by atoms with Gasteiger partial charge in [0.25, 0.3) is 5.56 Å². The summed E-state index contributed by atoms with van der Waals surface area (Å²) in [5.74, 6) is -2.56. The standard InChI is InChI=1S/C28H36Cl2F3N3O4/c1-15-11-17(7-9-18(15)26(39)40)36-24(28(31,32)33)20(13-35-36)22(37)10-6-16(12-27(2,3)4)5-8-19-21(29)14-34-25(38)23(19)30/h13-18H,5-12H2,1-4H3,(H,34,38)(H,39,40)/t15?,16?,17-,18?/m0/s1. The van der Waals surface area contributed by atoms with Crippen LogP contribution in [-0.4, -0.2) is 31.6 Å². The predicted molar refractivity (Wildman–Crippen MR) is 147 cm³/mol. The normalized spacial score (nSPS) is 20.9. The highest BCUT2D eigenvalue weighted by Gasteiger charge is 2.43. The molecule has 1 saturated carbocycles. The molecule has 40 heavy (non-hydrogen) atoms. The van der Waals surface area contributed by atoms with E-state index < -0.39 is 46.7 Å². The highest BCUT2D eigenvalue weighted by Crippen LogP contribution is 2.41. The Bertz CT molecular complexity index is 1280. The summed E-state index contributed by atoms with van der Waals surface area (Å²) in [6.07, 6.45) is 0.165. The van der Waals surface area contributed by atoms with Crippen molar-refractivity contribution in [3.05, 3.63) is 49.6 Å². The molecule has 0 aliphatic heterocycles. The lowest BCUT2D eigenvalue weighted by atomic mass is 9.78. The Labute approximate surface area is 241 Å². The van der Waals surface area contributed by atoms with Gasteiger partial charge in [0.1, 0.15) is 5.02 Å². The number of nitrogens with zero attached hydrogens (tertiary/aromatic N) is 2. The third kappa shape index (κ3) is 7.90. The van der Waals surface area contributed by atoms with Crippen molar-refractivity contribution >= 4 is 35.0 Å². The Morgan fingerprint density at radius 3 is 2.45 bits per heavy atom. The van der Waals surface area contributed by atoms with Gasteiger partial charge in [-0.2, -0.15) is 18.3 Å². The second kappa shape index (κ2) is 12.7. The minimum atomic E-state index is -4.80. The second-order valence-corrected chi connectivity index (χ2v) is 12.9. The number of halogens is 5. The van der Waals surface area contributed by atoms with Crippen molar-refractivity contribution in [2.75, 3.05) is 0 Å². The molecule has 2 aromatic heterocycles. The van der Waals surface area contributed by atoms with E-state index >= 15 is 0 Å². The number of aliphatic carboxylic acids is 1. The zero-order chi connectivity index (χ0) is 30.0. The van der Waals surface area contributed by atoms with Crippen molar-refractivity contribution in [3.63, 3.8) is 0 Å². The minimum absolute atomic E-state index is 0.00650. The molecule has 1 aliphatic rings. The Morgan fingerprint density at radius 2 is 1.88 bits per heavy atom. The smallest absolute Gasteiger partial charge is 0.433 e. The van der Waals surface area contributed by atoms with E-state index in [1.807, 2.05) is 20.8 Å². The molecule has 3 unspecified atom stereocenters. The molecule has 7 nitrogen and oxygen atoms in total. The van der Waals surface area contributed by atoms with E-state index in [9.17, 15) is 32.7 Å². The number of aromatic amines is 1. The first-order valence-corrected chi connectivity index (χ1v) is 14.2. The number of aromatic nitrogens is 3. The molecule has 222 valence electrons. The van der Waals surface area contributed by atoms with Crippen molar-refractivity contribution in [3.8, 4) is 0 Å². The maximum atomic E-state index is 14.2. The third-order valence-electron chi connectivity index (χ3n) is 7.73. The topological polar surface area (TPSA) is 105 Å². The first-order valence-electron chi connectivity index (χ1n) is 13.5. The van der Waals surface area contributed by atoms with Crippen LogP contribution in [-0.2, 0) is 17.4 Å². The number of carbonyl (C=O) groups excluding carboxylic acids is 1. The highest BCUT2D eigenvalue weighted by molar-refractivity contribution is 6.35. The lowest BCUT2D eigenvalue weighted by Crippen LogP contribution is -2.32. The fourth-order valence-corrected chi connectivity index (χ4v) is 6.41. The molecule has 4 atom stereocenters. The Hall–Kier alpha value is -2.33. The number of pyridine rings is 1. The molecule has 0 bridgehead atoms. The Morgan fingerprint density at radius 1 is 1.20 bits per heavy atom. The monoisotopic (exact) mass is 605 g/mol. The summed E-state index contributed by atoms with van der Waals surface area (Å²) in [4.78, 5) is 39.0. The summed E-state index contributed by atoms with van der Waals surface area (Å²) in [6.45, 7) is 7.84. The van der Waals surface area contributed by atoms with E-state index in [2.05, 4.69) is 10.1 Å². The van der Waals surface area contributed by atoms with Gasteiger partial charge in [0.2, 0.25) is 0 Å². The average molecular weight is 607 g/mol. The molecular weight excluding hydrogens is 570 g/mol. The van der Waals surface area contributed by atoms with Crippen molar-refractivity contribution in [1.82, 2.24) is 14.8 Å². The fourth-order valence-electron chi connectivity index (χ4n) is 5.87. The molecule has 2 heterocycles. The molecule has 0 amide bonds. The summed E-state index contributed by atoms with van der Waals surface area (Å²) >= 11 is 12.4. The van der Waals surface area contributed by atoms with Crippen molar-refractivity contribution in [2.45, 2.75) is 91.3 Å². The van der Waals surface area contributed by atoms with Crippen LogP contribution < -0.4 is 5.56 Å². The number of alkyl halides is 3. The van der Waals surface area contributed by atoms with E-state index in [4.69, 9.17) is 23.2 Å². The lowest BCUT2D eigenvalue weighted by Gasteiger charge is -2.33. The van der Waals surface area contributed by atoms with Gasteiger partial charge < -0.3 is 10.1 Å². The van der Waals surface area contributed by atoms with Gasteiger partial charge >= 0.3 is 12.1 Å². The first-order chi connectivity index (χ1) is 18.5. The van der Waals surface area contributed by atoms with E-state index in [1.54, 1.807) is 6.92 Å². The van der Waals surface area contributed by atoms with Gasteiger partial charge in [-0.1, -0.05) is 50.9 Å². The van der Waals surface area contributed by atoms with Gasteiger partial charge in [0, 0.05) is 12.6 Å². The lowest BCUT2D eigenvalue weighted by molar-refractivity contribution is -0.148. The molecule has 2 aromatic rings. The number of ketones is 1. The third-order valence-corrected chi connectivity index (χ3v) is 8.47. The van der Waals surface area contributed by atoms with Crippen molar-refractivity contribution in [2.24, 2.45) is 23.2 Å². The molecule has 0 spiro atoms. The van der Waals surface area contributed by atoms with Crippen LogP contribution in [0.25, 0.3) is 0 Å². The minimum Gasteiger partial charge on any atom is -0.481 e. The molecule has 0 saturated heterocycles. The van der Waals surface area contributed by atoms with Gasteiger partial charge in [0.15, 0.2) is 11.5 Å². The number of H-pyrrole nitrogens is 1. The van der Waals surface area contributed by atoms with Gasteiger partial charge in [-0.15, -0.1) is 0 Å². The van der Waals surface area contributed by atoms with Crippen molar-refractivity contribution in [1.29, 1.82) is 0 Å². The van der Waals surface area contributed by atoms with E-state index in [0.29, 0.717) is 36.3 Å². The van der Waals surface area contributed by atoms with E-state index in [1.165, 1.54) is 6.20 Å². The van der Waals surface area contributed by atoms with Crippen LogP contribution >= 0.6 is 23.2 Å². The number of Topliss-reactive ketones (excluding diaryl/α,β-unsaturated/α-hetero) is 1. The quantitative estimate of drug-likeness (QED) is 0.271. The molecule has 2 N–H and O–H groups in total. The molecule has 1 aliphatic carbocycles. The average Bonchev–Trinajstić information content (AvgIpc) is 3.29. The highest BCUT2D eigenvalue weighted by atomic mass is 35.5. The summed E-state index contributed by atoms with van der Waals surface area (Å²) in [5.41, 5.74) is -1.59. The predicted octanol–water partition coefficient (Wildman–Crippen LogP) is 7.61. The SMILES string of the molecule is CC1C[C@@H](n2ncc(C(=O)CCC(CCc3c(Cl)c[nH]c(=O)c3Cl)CC(C)(C)C)c2C(F)(F)F)CCC1C(=O)O. The van der Waals surface area contributed by atoms with Crippen LogP contribution in [0.2, 0.25) is 10.0 Å². The van der Waals surface area contributed by atoms with Crippen LogP contribution in [0.15, 0.2) is 17.2 Å². The van der Waals surface area contributed by atoms with Crippen LogP contribution in [0, 0.1) is 23.2 Å². The van der Waals surface area contributed by atoms with Gasteiger partial charge in [-0.3, -0.25) is 19.1 Å². The number of hydrogen-bond acceptors (Lipinski definition) is 4. The van der Waals surface area contributed by atoms with Crippen LogP contribution in [0.4, 0.5) is 13.2 Å². The van der Waals surface area contributed by atoms with Crippen LogP contribution in [0.1, 0.15) is 100 Å². The molecule has 3 rings (SSSR count). The zero-order valence-corrected chi connectivity index (χ0v) is 24.6. The summed E-state index contributed by atoms with van der Waals surface area (Å²) in [5, 5.41) is 13.7. The maximum absolute atomic E-state index is 14.2. The van der Waals surface area contributed by atoms with Gasteiger partial charge in [-0.05, 0) is 67.8 Å². The van der Waals surface area contributed by atoms with Crippen LogP contribution in [0.3, 0.4) is 0 Å². The molecule has 0 aromatic carbocycles. The first kappa shape index (κ1) is 32.2. The van der Waals surface area contributed by atoms with Gasteiger partial charge in [0.05, 0.1) is 28.7 Å². The number of carboxylic acids is 1. The molecule has 12 heteroatoms. The number of carbonyl (C=O) groups is 2. The largest absolute Gasteiger partial charge is 0.481 e. The second-order valence-electron chi connectivity index (χ2n) is 12.1. The maximum Gasteiger partial charge on any atom is 0.433 e. The Balaban J connectivity index is 1.78. The Kier molecular flexibility index (Phi) is 10.2. The van der Waals surface area contributed by atoms with Gasteiger partial charge in [-0.25, -0.2) is 0 Å². The zero-order valence-electron chi connectivity index (χ0n) is 23.1.